The van der Waals surface area contributed by atoms with Crippen LogP contribution in [0.2, 0.25) is 0 Å². The average molecular weight is 362 g/mol. The van der Waals surface area contributed by atoms with Crippen molar-refractivity contribution in [2.45, 2.75) is 58.3 Å². The first-order chi connectivity index (χ1) is 13.3. The van der Waals surface area contributed by atoms with E-state index in [9.17, 15) is 0 Å². The first kappa shape index (κ1) is 20.8. The van der Waals surface area contributed by atoms with Crippen molar-refractivity contribution in [3.05, 3.63) is 59.7 Å². The van der Waals surface area contributed by atoms with Gasteiger partial charge in [0.15, 0.2) is 0 Å². The van der Waals surface area contributed by atoms with Crippen LogP contribution in [0, 0.1) is 12.3 Å². The van der Waals surface area contributed by atoms with Crippen molar-refractivity contribution in [3.8, 4) is 18.1 Å². The van der Waals surface area contributed by atoms with Crippen LogP contribution < -0.4 is 4.74 Å². The van der Waals surface area contributed by atoms with Gasteiger partial charge in [-0.25, -0.2) is 0 Å². The molecule has 0 heterocycles. The van der Waals surface area contributed by atoms with Crippen LogP contribution >= 0.6 is 0 Å². The molecule has 0 spiro atoms. The maximum atomic E-state index is 5.83. The molecule has 0 amide bonds. The number of rotatable bonds is 12. The molecular formula is C25H31NO. The fourth-order valence-corrected chi connectivity index (χ4v) is 2.87. The smallest absolute Gasteiger partial charge is 0.119 e. The second kappa shape index (κ2) is 12.8. The lowest BCUT2D eigenvalue weighted by atomic mass is 10.1. The molecule has 2 aromatic rings. The fraction of sp³-hybridized carbons (Fsp3) is 0.400. The highest BCUT2D eigenvalue weighted by atomic mass is 16.5. The Morgan fingerprint density at radius 1 is 0.852 bits per heavy atom. The SMILES string of the molecule is C#Cc1ccc(N=Cc2ccc(OCCCCCCCCCC)cc2)cc1. The minimum absolute atomic E-state index is 0.796. The Labute approximate surface area is 164 Å². The zero-order valence-corrected chi connectivity index (χ0v) is 16.5. The molecule has 0 aliphatic rings. The van der Waals surface area contributed by atoms with Crippen molar-refractivity contribution in [3.63, 3.8) is 0 Å². The van der Waals surface area contributed by atoms with Crippen molar-refractivity contribution in [2.24, 2.45) is 4.99 Å². The lowest BCUT2D eigenvalue weighted by Crippen LogP contribution is -1.97. The molecule has 0 aromatic heterocycles. The molecule has 142 valence electrons. The minimum Gasteiger partial charge on any atom is -0.494 e. The summed E-state index contributed by atoms with van der Waals surface area (Å²) in [6.07, 6.45) is 17.8. The van der Waals surface area contributed by atoms with Crippen molar-refractivity contribution >= 4 is 11.9 Å². The number of terminal acetylenes is 1. The van der Waals surface area contributed by atoms with Crippen molar-refractivity contribution in [1.29, 1.82) is 0 Å². The van der Waals surface area contributed by atoms with Crippen LogP contribution in [0.25, 0.3) is 0 Å². The Balaban J connectivity index is 1.64. The first-order valence-corrected chi connectivity index (χ1v) is 10.2. The van der Waals surface area contributed by atoms with Gasteiger partial charge in [0.1, 0.15) is 5.75 Å². The van der Waals surface area contributed by atoms with Gasteiger partial charge in [-0.2, -0.15) is 0 Å². The van der Waals surface area contributed by atoms with Crippen LogP contribution in [-0.2, 0) is 0 Å². The highest BCUT2D eigenvalue weighted by Gasteiger charge is 1.96. The second-order valence-electron chi connectivity index (χ2n) is 6.84. The van der Waals surface area contributed by atoms with E-state index in [0.717, 1.165) is 35.6 Å². The van der Waals surface area contributed by atoms with Gasteiger partial charge in [0.2, 0.25) is 0 Å². The number of unbranched alkanes of at least 4 members (excludes halogenated alkanes) is 7. The second-order valence-corrected chi connectivity index (χ2v) is 6.84. The molecule has 0 atom stereocenters. The van der Waals surface area contributed by atoms with Crippen molar-refractivity contribution in [1.82, 2.24) is 0 Å². The summed E-state index contributed by atoms with van der Waals surface area (Å²) in [6.45, 7) is 3.06. The fourth-order valence-electron chi connectivity index (χ4n) is 2.87. The summed E-state index contributed by atoms with van der Waals surface area (Å²) in [6, 6.07) is 15.7. The molecule has 0 bridgehead atoms. The molecule has 0 saturated carbocycles. The molecule has 2 rings (SSSR count). The Morgan fingerprint density at radius 2 is 1.48 bits per heavy atom. The van der Waals surface area contributed by atoms with E-state index < -0.39 is 0 Å². The lowest BCUT2D eigenvalue weighted by Gasteiger charge is -2.06. The molecule has 27 heavy (non-hydrogen) atoms. The maximum Gasteiger partial charge on any atom is 0.119 e. The van der Waals surface area contributed by atoms with Gasteiger partial charge in [-0.05, 0) is 60.5 Å². The van der Waals surface area contributed by atoms with E-state index in [4.69, 9.17) is 11.2 Å². The molecule has 0 radical (unpaired) electrons. The summed E-state index contributed by atoms with van der Waals surface area (Å²) in [5, 5.41) is 0. The Hall–Kier alpha value is -2.53. The third-order valence-corrected chi connectivity index (χ3v) is 4.54. The average Bonchev–Trinajstić information content (AvgIpc) is 2.72. The molecule has 0 unspecified atom stereocenters. The highest BCUT2D eigenvalue weighted by Crippen LogP contribution is 2.15. The van der Waals surface area contributed by atoms with E-state index in [1.165, 1.54) is 44.9 Å². The molecule has 0 fully saturated rings. The molecule has 0 N–H and O–H groups in total. The van der Waals surface area contributed by atoms with Crippen LogP contribution in [0.15, 0.2) is 53.5 Å². The van der Waals surface area contributed by atoms with Crippen LogP contribution in [-0.4, -0.2) is 12.8 Å². The lowest BCUT2D eigenvalue weighted by molar-refractivity contribution is 0.304. The van der Waals surface area contributed by atoms with Gasteiger partial charge < -0.3 is 4.74 Å². The van der Waals surface area contributed by atoms with Gasteiger partial charge in [0.25, 0.3) is 0 Å². The Morgan fingerprint density at radius 3 is 2.11 bits per heavy atom. The van der Waals surface area contributed by atoms with Gasteiger partial charge in [-0.1, -0.05) is 57.8 Å². The van der Waals surface area contributed by atoms with Gasteiger partial charge in [0.05, 0.1) is 12.3 Å². The third kappa shape index (κ3) is 8.60. The first-order valence-electron chi connectivity index (χ1n) is 10.2. The number of hydrogen-bond acceptors (Lipinski definition) is 2. The quantitative estimate of drug-likeness (QED) is 0.228. The maximum absolute atomic E-state index is 5.83. The van der Waals surface area contributed by atoms with E-state index in [2.05, 4.69) is 17.8 Å². The standard InChI is InChI=1S/C25H31NO/c1-3-5-6-7-8-9-10-11-20-27-25-18-14-23(15-19-25)21-26-24-16-12-22(4-2)13-17-24/h2,12-19,21H,3,5-11,20H2,1H3. The minimum atomic E-state index is 0.796. The molecule has 2 nitrogen and oxygen atoms in total. The van der Waals surface area contributed by atoms with Gasteiger partial charge in [-0.3, -0.25) is 4.99 Å². The third-order valence-electron chi connectivity index (χ3n) is 4.54. The van der Waals surface area contributed by atoms with Gasteiger partial charge >= 0.3 is 0 Å². The van der Waals surface area contributed by atoms with E-state index in [-0.39, 0.29) is 0 Å². The normalized spacial score (nSPS) is 10.8. The molecule has 0 saturated heterocycles. The van der Waals surface area contributed by atoms with E-state index in [1.54, 1.807) is 0 Å². The van der Waals surface area contributed by atoms with Crippen molar-refractivity contribution < 1.29 is 4.74 Å². The molecule has 0 aliphatic heterocycles. The summed E-state index contributed by atoms with van der Waals surface area (Å²) >= 11 is 0. The number of ether oxygens (including phenoxy) is 1. The summed E-state index contributed by atoms with van der Waals surface area (Å²) in [5.41, 5.74) is 2.81. The number of hydrogen-bond donors (Lipinski definition) is 0. The number of benzene rings is 2. The zero-order chi connectivity index (χ0) is 19.2. The molecule has 0 aliphatic carbocycles. The topological polar surface area (TPSA) is 21.6 Å². The summed E-state index contributed by atoms with van der Waals surface area (Å²) in [7, 11) is 0. The van der Waals surface area contributed by atoms with Crippen molar-refractivity contribution in [2.75, 3.05) is 6.61 Å². The van der Waals surface area contributed by atoms with Gasteiger partial charge in [0, 0.05) is 11.8 Å². The van der Waals surface area contributed by atoms with Crippen LogP contribution in [0.5, 0.6) is 5.75 Å². The van der Waals surface area contributed by atoms with E-state index in [1.807, 2.05) is 54.7 Å². The summed E-state index contributed by atoms with van der Waals surface area (Å²) in [4.78, 5) is 4.47. The predicted molar refractivity (Wildman–Crippen MR) is 116 cm³/mol. The molecule has 2 heteroatoms. The van der Waals surface area contributed by atoms with E-state index >= 15 is 0 Å². The van der Waals surface area contributed by atoms with E-state index in [0.29, 0.717) is 0 Å². The highest BCUT2D eigenvalue weighted by molar-refractivity contribution is 5.82. The number of nitrogens with zero attached hydrogens (tertiary/aromatic N) is 1. The zero-order valence-electron chi connectivity index (χ0n) is 16.5. The monoisotopic (exact) mass is 361 g/mol. The predicted octanol–water partition coefficient (Wildman–Crippen LogP) is 6.94. The van der Waals surface area contributed by atoms with Crippen LogP contribution in [0.3, 0.4) is 0 Å². The van der Waals surface area contributed by atoms with Crippen LogP contribution in [0.1, 0.15) is 69.4 Å². The summed E-state index contributed by atoms with van der Waals surface area (Å²) in [5.74, 6) is 3.53. The molecular weight excluding hydrogens is 330 g/mol. The number of aliphatic imine (C=N–C) groups is 1. The molecule has 2 aromatic carbocycles. The van der Waals surface area contributed by atoms with Gasteiger partial charge in [-0.15, -0.1) is 6.42 Å². The Kier molecular flexibility index (Phi) is 9.82. The summed E-state index contributed by atoms with van der Waals surface area (Å²) < 4.78 is 5.83. The van der Waals surface area contributed by atoms with Crippen LogP contribution in [0.4, 0.5) is 5.69 Å². The largest absolute Gasteiger partial charge is 0.494 e. The Bertz CT molecular complexity index is 707.